The van der Waals surface area contributed by atoms with Crippen LogP contribution in [-0.4, -0.2) is 39.5 Å². The van der Waals surface area contributed by atoms with Crippen LogP contribution in [0, 0.1) is 0 Å². The maximum absolute atomic E-state index is 12.7. The number of amides is 1. The van der Waals surface area contributed by atoms with Crippen molar-refractivity contribution >= 4 is 11.9 Å². The molecule has 1 aliphatic heterocycles. The number of nitrogens with one attached hydrogen (secondary N) is 1. The van der Waals surface area contributed by atoms with Gasteiger partial charge in [0.2, 0.25) is 0 Å². The number of aromatic amines is 1. The van der Waals surface area contributed by atoms with Crippen molar-refractivity contribution in [2.75, 3.05) is 6.54 Å². The van der Waals surface area contributed by atoms with Gasteiger partial charge in [-0.2, -0.15) is 0 Å². The van der Waals surface area contributed by atoms with E-state index in [2.05, 4.69) is 4.98 Å². The van der Waals surface area contributed by atoms with E-state index in [1.54, 1.807) is 6.07 Å². The number of pyridine rings is 1. The average molecular weight is 318 g/mol. The van der Waals surface area contributed by atoms with Crippen molar-refractivity contribution in [1.82, 2.24) is 9.88 Å². The molecule has 2 aliphatic rings. The number of carboxylic acids is 1. The predicted octanol–water partition coefficient (Wildman–Crippen LogP) is 1.72. The minimum Gasteiger partial charge on any atom is -0.480 e. The topological polar surface area (TPSA) is 90.5 Å². The summed E-state index contributed by atoms with van der Waals surface area (Å²) in [6.07, 6.45) is 6.92. The molecule has 6 nitrogen and oxygen atoms in total. The second-order valence-electron chi connectivity index (χ2n) is 6.42. The van der Waals surface area contributed by atoms with Gasteiger partial charge in [-0.15, -0.1) is 0 Å². The van der Waals surface area contributed by atoms with Crippen LogP contribution >= 0.6 is 0 Å². The van der Waals surface area contributed by atoms with Gasteiger partial charge in [-0.1, -0.05) is 6.42 Å². The number of carboxylic acid groups (broad SMARTS) is 1. The number of aliphatic carboxylic acids is 1. The average Bonchev–Trinajstić information content (AvgIpc) is 2.78. The van der Waals surface area contributed by atoms with Gasteiger partial charge in [0.05, 0.1) is 0 Å². The molecule has 3 rings (SSSR count). The highest BCUT2D eigenvalue weighted by Crippen LogP contribution is 2.22. The number of carbonyl (C=O) groups is 2. The van der Waals surface area contributed by atoms with Crippen molar-refractivity contribution in [2.45, 2.75) is 57.4 Å². The molecule has 23 heavy (non-hydrogen) atoms. The molecule has 1 amide bonds. The first kappa shape index (κ1) is 15.8. The summed E-state index contributed by atoms with van der Waals surface area (Å²) in [4.78, 5) is 40.6. The van der Waals surface area contributed by atoms with Gasteiger partial charge in [0.15, 0.2) is 0 Å². The van der Waals surface area contributed by atoms with Crippen molar-refractivity contribution in [2.24, 2.45) is 0 Å². The van der Waals surface area contributed by atoms with Crippen LogP contribution in [0.4, 0.5) is 0 Å². The highest BCUT2D eigenvalue weighted by molar-refractivity contribution is 5.96. The number of hydrogen-bond donors (Lipinski definition) is 2. The first-order chi connectivity index (χ1) is 11.1. The number of fused-ring (bicyclic) bond motifs is 1. The van der Waals surface area contributed by atoms with E-state index in [0.717, 1.165) is 56.2 Å². The van der Waals surface area contributed by atoms with Gasteiger partial charge in [-0.3, -0.25) is 9.59 Å². The maximum Gasteiger partial charge on any atom is 0.326 e. The molecule has 6 heteroatoms. The van der Waals surface area contributed by atoms with E-state index in [1.165, 1.54) is 4.90 Å². The third kappa shape index (κ3) is 3.16. The van der Waals surface area contributed by atoms with Crippen LogP contribution in [0.5, 0.6) is 0 Å². The number of H-pyrrole nitrogens is 1. The lowest BCUT2D eigenvalue weighted by molar-refractivity contribution is -0.143. The highest BCUT2D eigenvalue weighted by atomic mass is 16.4. The number of likely N-dealkylation sites (tertiary alicyclic amines) is 1. The summed E-state index contributed by atoms with van der Waals surface area (Å²) in [6.45, 7) is 0.395. The maximum atomic E-state index is 12.7. The first-order valence-electron chi connectivity index (χ1n) is 8.37. The fourth-order valence-electron chi connectivity index (χ4n) is 3.60. The molecule has 2 N–H and O–H groups in total. The summed E-state index contributed by atoms with van der Waals surface area (Å²) in [5, 5.41) is 9.32. The molecule has 2 heterocycles. The molecule has 1 fully saturated rings. The van der Waals surface area contributed by atoms with Crippen LogP contribution in [-0.2, 0) is 17.6 Å². The molecular formula is C17H22N2O4. The lowest BCUT2D eigenvalue weighted by Gasteiger charge is -2.32. The SMILES string of the molecule is O=C(O)[C@H]1CCCCN1C(=O)c1cc2c([nH]c1=O)CCCCC2. The molecule has 0 radical (unpaired) electrons. The fraction of sp³-hybridized carbons (Fsp3) is 0.588. The lowest BCUT2D eigenvalue weighted by Crippen LogP contribution is -2.49. The van der Waals surface area contributed by atoms with Gasteiger partial charge in [-0.05, 0) is 56.6 Å². The largest absolute Gasteiger partial charge is 0.480 e. The normalized spacial score (nSPS) is 21.4. The molecule has 1 atom stereocenters. The van der Waals surface area contributed by atoms with Crippen molar-refractivity contribution in [3.63, 3.8) is 0 Å². The Morgan fingerprint density at radius 2 is 1.91 bits per heavy atom. The molecule has 0 bridgehead atoms. The van der Waals surface area contributed by atoms with Gasteiger partial charge in [-0.25, -0.2) is 4.79 Å². The van der Waals surface area contributed by atoms with Crippen LogP contribution in [0.1, 0.15) is 60.1 Å². The van der Waals surface area contributed by atoms with Gasteiger partial charge in [0.1, 0.15) is 11.6 Å². The van der Waals surface area contributed by atoms with Crippen molar-refractivity contribution in [3.05, 3.63) is 33.2 Å². The molecule has 124 valence electrons. The molecule has 0 saturated carbocycles. The Bertz CT molecular complexity index is 680. The fourth-order valence-corrected chi connectivity index (χ4v) is 3.60. The van der Waals surface area contributed by atoms with Gasteiger partial charge in [0.25, 0.3) is 11.5 Å². The van der Waals surface area contributed by atoms with Gasteiger partial charge >= 0.3 is 5.97 Å². The second kappa shape index (κ2) is 6.56. The molecular weight excluding hydrogens is 296 g/mol. The van der Waals surface area contributed by atoms with E-state index in [9.17, 15) is 19.5 Å². The molecule has 1 saturated heterocycles. The molecule has 0 aromatic carbocycles. The zero-order valence-electron chi connectivity index (χ0n) is 13.1. The summed E-state index contributed by atoms with van der Waals surface area (Å²) in [5.74, 6) is -1.45. The van der Waals surface area contributed by atoms with Crippen molar-refractivity contribution in [1.29, 1.82) is 0 Å². The van der Waals surface area contributed by atoms with Crippen LogP contribution in [0.25, 0.3) is 0 Å². The molecule has 1 aromatic heterocycles. The Morgan fingerprint density at radius 1 is 1.13 bits per heavy atom. The van der Waals surface area contributed by atoms with Gasteiger partial charge < -0.3 is 15.0 Å². The number of rotatable bonds is 2. The number of nitrogens with zero attached hydrogens (tertiary/aromatic N) is 1. The number of hydrogen-bond acceptors (Lipinski definition) is 3. The van der Waals surface area contributed by atoms with Crippen LogP contribution in [0.3, 0.4) is 0 Å². The summed E-state index contributed by atoms with van der Waals surface area (Å²) >= 11 is 0. The summed E-state index contributed by atoms with van der Waals surface area (Å²) < 4.78 is 0. The molecule has 1 aromatic rings. The minimum atomic E-state index is -0.996. The monoisotopic (exact) mass is 318 g/mol. The third-order valence-corrected chi connectivity index (χ3v) is 4.87. The quantitative estimate of drug-likeness (QED) is 0.812. The summed E-state index contributed by atoms with van der Waals surface area (Å²) in [6, 6.07) is 0.865. The van der Waals surface area contributed by atoms with E-state index < -0.39 is 23.5 Å². The van der Waals surface area contributed by atoms with E-state index in [0.29, 0.717) is 13.0 Å². The zero-order chi connectivity index (χ0) is 16.4. The van der Waals surface area contributed by atoms with E-state index in [-0.39, 0.29) is 5.56 Å². The van der Waals surface area contributed by atoms with E-state index in [1.807, 2.05) is 0 Å². The van der Waals surface area contributed by atoms with Crippen LogP contribution in [0.15, 0.2) is 10.9 Å². The number of carbonyl (C=O) groups excluding carboxylic acids is 1. The standard InChI is InChI=1S/C17H22N2O4/c20-15-12(10-11-6-2-1-3-7-13(11)18-15)16(21)19-9-5-4-8-14(19)17(22)23/h10,14H,1-9H2,(H,18,20)(H,22,23)/t14-/m1/s1. The Balaban J connectivity index is 1.94. The predicted molar refractivity (Wildman–Crippen MR) is 84.6 cm³/mol. The second-order valence-corrected chi connectivity index (χ2v) is 6.42. The Morgan fingerprint density at radius 3 is 2.70 bits per heavy atom. The molecule has 1 aliphatic carbocycles. The summed E-state index contributed by atoms with van der Waals surface area (Å²) in [5.41, 5.74) is 1.64. The smallest absolute Gasteiger partial charge is 0.326 e. The number of aryl methyl sites for hydroxylation is 2. The van der Waals surface area contributed by atoms with E-state index in [4.69, 9.17) is 0 Å². The molecule has 0 spiro atoms. The van der Waals surface area contributed by atoms with Gasteiger partial charge in [0, 0.05) is 12.2 Å². The Hall–Kier alpha value is -2.11. The Labute approximate surface area is 134 Å². The Kier molecular flexibility index (Phi) is 4.50. The lowest BCUT2D eigenvalue weighted by atomic mass is 10.00. The van der Waals surface area contributed by atoms with E-state index >= 15 is 0 Å². The zero-order valence-corrected chi connectivity index (χ0v) is 13.1. The van der Waals surface area contributed by atoms with Crippen LogP contribution < -0.4 is 5.56 Å². The van der Waals surface area contributed by atoms with Crippen molar-refractivity contribution in [3.8, 4) is 0 Å². The van der Waals surface area contributed by atoms with Crippen LogP contribution in [0.2, 0.25) is 0 Å². The highest BCUT2D eigenvalue weighted by Gasteiger charge is 2.33. The third-order valence-electron chi connectivity index (χ3n) is 4.87. The molecule has 0 unspecified atom stereocenters. The summed E-state index contributed by atoms with van der Waals surface area (Å²) in [7, 11) is 0. The minimum absolute atomic E-state index is 0.0822. The first-order valence-corrected chi connectivity index (χ1v) is 8.37. The number of piperidine rings is 1. The number of aromatic nitrogens is 1. The van der Waals surface area contributed by atoms with Crippen molar-refractivity contribution < 1.29 is 14.7 Å².